The Labute approximate surface area is 124 Å². The number of hydrogen-bond acceptors (Lipinski definition) is 1. The van der Waals surface area contributed by atoms with Crippen LogP contribution in [0.4, 0.5) is 0 Å². The molecule has 0 aromatic heterocycles. The van der Waals surface area contributed by atoms with Crippen molar-refractivity contribution in [3.05, 3.63) is 33.9 Å². The molecule has 1 saturated carbocycles. The van der Waals surface area contributed by atoms with E-state index in [4.69, 9.17) is 0 Å². The quantitative estimate of drug-likeness (QED) is 0.788. The van der Waals surface area contributed by atoms with Gasteiger partial charge >= 0.3 is 0 Å². The van der Waals surface area contributed by atoms with Crippen LogP contribution in [0.15, 0.2) is 6.07 Å². The molecule has 1 atom stereocenters. The Balaban J connectivity index is 2.06. The van der Waals surface area contributed by atoms with Gasteiger partial charge in [-0.2, -0.15) is 0 Å². The van der Waals surface area contributed by atoms with Crippen LogP contribution in [0.3, 0.4) is 0 Å². The molecule has 0 amide bonds. The van der Waals surface area contributed by atoms with Crippen molar-refractivity contribution in [2.24, 2.45) is 5.92 Å². The van der Waals surface area contributed by atoms with Gasteiger partial charge in [-0.1, -0.05) is 38.2 Å². The van der Waals surface area contributed by atoms with Crippen LogP contribution in [0.2, 0.25) is 0 Å². The average molecular weight is 274 g/mol. The molecular weight excluding hydrogens is 244 g/mol. The minimum absolute atomic E-state index is 0.282. The van der Waals surface area contributed by atoms with Crippen molar-refractivity contribution < 1.29 is 5.11 Å². The molecule has 1 unspecified atom stereocenters. The van der Waals surface area contributed by atoms with E-state index in [0.29, 0.717) is 0 Å². The molecule has 0 saturated heterocycles. The largest absolute Gasteiger partial charge is 0.388 e. The van der Waals surface area contributed by atoms with Gasteiger partial charge in [0.1, 0.15) is 0 Å². The fourth-order valence-electron chi connectivity index (χ4n) is 3.76. The molecule has 0 aliphatic heterocycles. The highest BCUT2D eigenvalue weighted by atomic mass is 16.3. The average Bonchev–Trinajstić information content (AvgIpc) is 2.44. The Hall–Kier alpha value is -0.820. The van der Waals surface area contributed by atoms with Crippen LogP contribution in [0.5, 0.6) is 0 Å². The van der Waals surface area contributed by atoms with E-state index in [2.05, 4.69) is 33.8 Å². The van der Waals surface area contributed by atoms with E-state index < -0.39 is 0 Å². The molecule has 1 N–H and O–H groups in total. The van der Waals surface area contributed by atoms with Crippen LogP contribution in [0, 0.1) is 33.6 Å². The van der Waals surface area contributed by atoms with Gasteiger partial charge in [0, 0.05) is 0 Å². The zero-order valence-corrected chi connectivity index (χ0v) is 13.6. The first-order valence-corrected chi connectivity index (χ1v) is 8.26. The molecule has 1 heteroatoms. The molecule has 20 heavy (non-hydrogen) atoms. The predicted molar refractivity (Wildman–Crippen MR) is 86.2 cm³/mol. The minimum Gasteiger partial charge on any atom is -0.388 e. The lowest BCUT2D eigenvalue weighted by molar-refractivity contribution is 0.150. The van der Waals surface area contributed by atoms with Crippen LogP contribution in [-0.4, -0.2) is 5.11 Å². The fraction of sp³-hybridized carbons (Fsp3) is 0.684. The van der Waals surface area contributed by atoms with Crippen molar-refractivity contribution in [1.29, 1.82) is 0 Å². The van der Waals surface area contributed by atoms with E-state index in [9.17, 15) is 5.11 Å². The van der Waals surface area contributed by atoms with E-state index >= 15 is 0 Å². The summed E-state index contributed by atoms with van der Waals surface area (Å²) in [5.74, 6) is 0.852. The number of rotatable bonds is 4. The maximum absolute atomic E-state index is 10.7. The molecule has 0 spiro atoms. The van der Waals surface area contributed by atoms with Crippen molar-refractivity contribution in [2.45, 2.75) is 78.7 Å². The monoisotopic (exact) mass is 274 g/mol. The van der Waals surface area contributed by atoms with Gasteiger partial charge in [0.25, 0.3) is 0 Å². The Bertz CT molecular complexity index is 429. The lowest BCUT2D eigenvalue weighted by atomic mass is 9.83. The highest BCUT2D eigenvalue weighted by molar-refractivity contribution is 5.45. The van der Waals surface area contributed by atoms with Gasteiger partial charge in [-0.3, -0.25) is 0 Å². The summed E-state index contributed by atoms with van der Waals surface area (Å²) >= 11 is 0. The number of aryl methyl sites for hydroxylation is 2. The Morgan fingerprint density at radius 1 is 1.00 bits per heavy atom. The van der Waals surface area contributed by atoms with Crippen molar-refractivity contribution in [2.75, 3.05) is 0 Å². The van der Waals surface area contributed by atoms with Crippen LogP contribution < -0.4 is 0 Å². The molecule has 112 valence electrons. The SMILES string of the molecule is Cc1cc(C)c(C)c(C(O)CCC2CCCCC2)c1C. The number of hydrogen-bond donors (Lipinski definition) is 1. The molecule has 1 aromatic rings. The summed E-state index contributed by atoms with van der Waals surface area (Å²) in [6.45, 7) is 8.61. The van der Waals surface area contributed by atoms with Gasteiger partial charge in [0.2, 0.25) is 0 Å². The fourth-order valence-corrected chi connectivity index (χ4v) is 3.76. The standard InChI is InChI=1S/C19H30O/c1-13-12-14(2)16(4)19(15(13)3)18(20)11-10-17-8-6-5-7-9-17/h12,17-18,20H,5-11H2,1-4H3. The summed E-state index contributed by atoms with van der Waals surface area (Å²) < 4.78 is 0. The third-order valence-corrected chi connectivity index (χ3v) is 5.33. The summed E-state index contributed by atoms with van der Waals surface area (Å²) in [5.41, 5.74) is 6.37. The van der Waals surface area contributed by atoms with Crippen LogP contribution in [-0.2, 0) is 0 Å². The zero-order valence-electron chi connectivity index (χ0n) is 13.6. The maximum atomic E-state index is 10.7. The van der Waals surface area contributed by atoms with E-state index in [1.165, 1.54) is 66.3 Å². The number of aliphatic hydroxyl groups is 1. The normalized spacial score (nSPS) is 18.2. The van der Waals surface area contributed by atoms with E-state index in [-0.39, 0.29) is 6.10 Å². The van der Waals surface area contributed by atoms with E-state index in [1.807, 2.05) is 0 Å². The first kappa shape index (κ1) is 15.6. The zero-order chi connectivity index (χ0) is 14.7. The van der Waals surface area contributed by atoms with Gasteiger partial charge in [-0.15, -0.1) is 0 Å². The van der Waals surface area contributed by atoms with Crippen molar-refractivity contribution in [3.63, 3.8) is 0 Å². The molecule has 1 fully saturated rings. The molecule has 2 rings (SSSR count). The topological polar surface area (TPSA) is 20.2 Å². The van der Waals surface area contributed by atoms with Gasteiger partial charge in [-0.25, -0.2) is 0 Å². The Morgan fingerprint density at radius 2 is 1.55 bits per heavy atom. The van der Waals surface area contributed by atoms with Crippen LogP contribution in [0.25, 0.3) is 0 Å². The predicted octanol–water partition coefficient (Wildman–Crippen LogP) is 5.31. The molecule has 0 radical (unpaired) electrons. The number of aliphatic hydroxyl groups excluding tert-OH is 1. The Morgan fingerprint density at radius 3 is 2.10 bits per heavy atom. The first-order valence-electron chi connectivity index (χ1n) is 8.26. The molecule has 0 heterocycles. The highest BCUT2D eigenvalue weighted by Crippen LogP contribution is 2.33. The second kappa shape index (κ2) is 6.76. The smallest absolute Gasteiger partial charge is 0.0795 e. The summed E-state index contributed by atoms with van der Waals surface area (Å²) in [6.07, 6.45) is 8.77. The molecule has 1 aliphatic carbocycles. The Kier molecular flexibility index (Phi) is 5.26. The first-order chi connectivity index (χ1) is 9.50. The molecule has 1 aliphatic rings. The maximum Gasteiger partial charge on any atom is 0.0795 e. The molecule has 1 aromatic carbocycles. The van der Waals surface area contributed by atoms with Gasteiger partial charge in [0.05, 0.1) is 6.10 Å². The third kappa shape index (κ3) is 3.44. The van der Waals surface area contributed by atoms with Crippen molar-refractivity contribution >= 4 is 0 Å². The van der Waals surface area contributed by atoms with Crippen LogP contribution >= 0.6 is 0 Å². The van der Waals surface area contributed by atoms with Gasteiger partial charge in [-0.05, 0) is 74.3 Å². The molecule has 0 bridgehead atoms. The van der Waals surface area contributed by atoms with Gasteiger partial charge < -0.3 is 5.11 Å². The van der Waals surface area contributed by atoms with E-state index in [0.717, 1.165) is 12.3 Å². The summed E-state index contributed by atoms with van der Waals surface area (Å²) in [5, 5.41) is 10.7. The molecular formula is C19H30O. The summed E-state index contributed by atoms with van der Waals surface area (Å²) in [7, 11) is 0. The molecule has 1 nitrogen and oxygen atoms in total. The highest BCUT2D eigenvalue weighted by Gasteiger charge is 2.19. The van der Waals surface area contributed by atoms with Crippen molar-refractivity contribution in [3.8, 4) is 0 Å². The minimum atomic E-state index is -0.282. The number of benzene rings is 1. The second-order valence-corrected chi connectivity index (χ2v) is 6.77. The second-order valence-electron chi connectivity index (χ2n) is 6.77. The third-order valence-electron chi connectivity index (χ3n) is 5.33. The summed E-state index contributed by atoms with van der Waals surface area (Å²) in [4.78, 5) is 0. The lowest BCUT2D eigenvalue weighted by Crippen LogP contribution is -2.11. The van der Waals surface area contributed by atoms with E-state index in [1.54, 1.807) is 0 Å². The van der Waals surface area contributed by atoms with Crippen LogP contribution in [0.1, 0.15) is 78.9 Å². The lowest BCUT2D eigenvalue weighted by Gasteiger charge is -2.24. The van der Waals surface area contributed by atoms with Crippen molar-refractivity contribution in [1.82, 2.24) is 0 Å². The van der Waals surface area contributed by atoms with Gasteiger partial charge in [0.15, 0.2) is 0 Å². The summed E-state index contributed by atoms with van der Waals surface area (Å²) in [6, 6.07) is 2.24.